The van der Waals surface area contributed by atoms with E-state index in [1.54, 1.807) is 30.2 Å². The van der Waals surface area contributed by atoms with Crippen molar-refractivity contribution in [2.75, 3.05) is 31.6 Å². The van der Waals surface area contributed by atoms with E-state index < -0.39 is 0 Å². The lowest BCUT2D eigenvalue weighted by Crippen LogP contribution is -2.43. The van der Waals surface area contributed by atoms with Gasteiger partial charge in [0.1, 0.15) is 12.3 Å². The van der Waals surface area contributed by atoms with Crippen molar-refractivity contribution in [3.8, 4) is 5.75 Å². The van der Waals surface area contributed by atoms with E-state index >= 15 is 0 Å². The number of carbonyl (C=O) groups is 2. The topological polar surface area (TPSA) is 128 Å². The average Bonchev–Trinajstić information content (AvgIpc) is 3.34. The lowest BCUT2D eigenvalue weighted by Gasteiger charge is -2.28. The Morgan fingerprint density at radius 3 is 2.51 bits per heavy atom. The number of amides is 2. The Kier molecular flexibility index (Phi) is 9.06. The molecule has 0 aliphatic rings. The van der Waals surface area contributed by atoms with Crippen molar-refractivity contribution < 1.29 is 14.3 Å². The lowest BCUT2D eigenvalue weighted by molar-refractivity contribution is -0.135. The summed E-state index contributed by atoms with van der Waals surface area (Å²) in [7, 11) is 1.62. The lowest BCUT2D eigenvalue weighted by atomic mass is 10.1. The highest BCUT2D eigenvalue weighted by Crippen LogP contribution is 2.32. The van der Waals surface area contributed by atoms with Gasteiger partial charge < -0.3 is 25.7 Å². The van der Waals surface area contributed by atoms with Gasteiger partial charge in [-0.2, -0.15) is 0 Å². The number of H-pyrrole nitrogens is 1. The second-order valence-corrected chi connectivity index (χ2v) is 9.30. The maximum absolute atomic E-state index is 13.8. The number of nitrogens with one attached hydrogen (secondary N) is 3. The van der Waals surface area contributed by atoms with Crippen LogP contribution in [0.1, 0.15) is 12.0 Å². The molecule has 0 saturated carbocycles. The molecule has 0 saturated heterocycles. The summed E-state index contributed by atoms with van der Waals surface area (Å²) >= 11 is 6.49. The third-order valence-corrected chi connectivity index (χ3v) is 6.64. The monoisotopic (exact) mass is 546 g/mol. The van der Waals surface area contributed by atoms with Gasteiger partial charge in [-0.1, -0.05) is 41.9 Å². The maximum Gasteiger partial charge on any atom is 0.251 e. The summed E-state index contributed by atoms with van der Waals surface area (Å²) in [5.74, 6) is 0.00193. The van der Waals surface area contributed by atoms with Gasteiger partial charge in [-0.3, -0.25) is 19.9 Å². The summed E-state index contributed by atoms with van der Waals surface area (Å²) in [5.41, 5.74) is 8.50. The molecule has 5 N–H and O–H groups in total. The molecule has 0 bridgehead atoms. The van der Waals surface area contributed by atoms with E-state index in [2.05, 4.69) is 10.3 Å². The van der Waals surface area contributed by atoms with Gasteiger partial charge in [-0.25, -0.2) is 0 Å². The quantitative estimate of drug-likeness (QED) is 0.163. The van der Waals surface area contributed by atoms with Gasteiger partial charge in [0.15, 0.2) is 5.96 Å². The van der Waals surface area contributed by atoms with Crippen LogP contribution < -0.4 is 20.7 Å². The molecular formula is C29H31ClN6O3. The number of aromatic nitrogens is 1. The molecule has 4 rings (SSSR count). The number of aromatic amines is 1. The smallest absolute Gasteiger partial charge is 0.251 e. The Morgan fingerprint density at radius 2 is 1.79 bits per heavy atom. The molecular weight excluding hydrogens is 516 g/mol. The number of fused-ring (bicyclic) bond motifs is 1. The zero-order valence-electron chi connectivity index (χ0n) is 21.6. The molecule has 4 aromatic rings. The van der Waals surface area contributed by atoms with Crippen molar-refractivity contribution in [2.24, 2.45) is 5.73 Å². The fourth-order valence-corrected chi connectivity index (χ4v) is 4.59. The van der Waals surface area contributed by atoms with Crippen LogP contribution in [0.5, 0.6) is 5.75 Å². The number of methoxy groups -OCH3 is 1. The first-order valence-electron chi connectivity index (χ1n) is 12.5. The number of nitrogens with two attached hydrogens (primary N) is 1. The summed E-state index contributed by atoms with van der Waals surface area (Å²) in [6.07, 6.45) is 2.52. The minimum Gasteiger partial charge on any atom is -0.497 e. The summed E-state index contributed by atoms with van der Waals surface area (Å²) in [6, 6.07) is 22.1. The number of anilines is 2. The van der Waals surface area contributed by atoms with E-state index in [0.29, 0.717) is 29.4 Å². The third-order valence-electron chi connectivity index (χ3n) is 6.32. The van der Waals surface area contributed by atoms with Gasteiger partial charge in [0, 0.05) is 48.4 Å². The molecule has 39 heavy (non-hydrogen) atoms. The normalized spacial score (nSPS) is 10.7. The molecule has 0 atom stereocenters. The predicted molar refractivity (Wildman–Crippen MR) is 155 cm³/mol. The number of para-hydroxylation sites is 2. The van der Waals surface area contributed by atoms with E-state index in [1.165, 1.54) is 4.90 Å². The number of guanidine groups is 1. The number of hydrogen-bond donors (Lipinski definition) is 4. The zero-order chi connectivity index (χ0) is 27.8. The van der Waals surface area contributed by atoms with Crippen molar-refractivity contribution >= 4 is 51.7 Å². The van der Waals surface area contributed by atoms with Crippen LogP contribution in [0, 0.1) is 5.41 Å². The zero-order valence-corrected chi connectivity index (χ0v) is 22.4. The molecule has 202 valence electrons. The number of halogens is 1. The first-order valence-corrected chi connectivity index (χ1v) is 12.9. The minimum absolute atomic E-state index is 0.0787. The maximum atomic E-state index is 13.8. The van der Waals surface area contributed by atoms with Crippen LogP contribution in [-0.4, -0.2) is 54.4 Å². The van der Waals surface area contributed by atoms with Crippen molar-refractivity contribution in [3.05, 3.63) is 89.6 Å². The van der Waals surface area contributed by atoms with Crippen LogP contribution in [0.15, 0.2) is 79.0 Å². The van der Waals surface area contributed by atoms with Crippen LogP contribution >= 0.6 is 11.6 Å². The Hall–Kier alpha value is -4.50. The summed E-state index contributed by atoms with van der Waals surface area (Å²) in [6.45, 7) is 0.350. The van der Waals surface area contributed by atoms with Crippen molar-refractivity contribution in [1.29, 1.82) is 5.41 Å². The predicted octanol–water partition coefficient (Wildman–Crippen LogP) is 4.44. The molecule has 0 aliphatic heterocycles. The van der Waals surface area contributed by atoms with E-state index in [9.17, 15) is 9.59 Å². The molecule has 0 radical (unpaired) electrons. The van der Waals surface area contributed by atoms with Crippen LogP contribution in [0.3, 0.4) is 0 Å². The van der Waals surface area contributed by atoms with Crippen LogP contribution in [0.2, 0.25) is 5.02 Å². The first-order chi connectivity index (χ1) is 18.9. The summed E-state index contributed by atoms with van der Waals surface area (Å²) in [5, 5.41) is 11.5. The molecule has 10 heteroatoms. The molecule has 0 fully saturated rings. The average molecular weight is 547 g/mol. The Bertz CT molecular complexity index is 1460. The third kappa shape index (κ3) is 6.88. The molecule has 9 nitrogen and oxygen atoms in total. The minimum atomic E-state index is -0.300. The van der Waals surface area contributed by atoms with Gasteiger partial charge in [-0.05, 0) is 48.4 Å². The first kappa shape index (κ1) is 27.5. The number of nitrogens with zero attached hydrogens (tertiary/aromatic N) is 2. The van der Waals surface area contributed by atoms with Gasteiger partial charge >= 0.3 is 0 Å². The summed E-state index contributed by atoms with van der Waals surface area (Å²) in [4.78, 5) is 33.4. The highest BCUT2D eigenvalue weighted by molar-refractivity contribution is 6.34. The van der Waals surface area contributed by atoms with Crippen molar-refractivity contribution in [1.82, 2.24) is 15.2 Å². The van der Waals surface area contributed by atoms with Gasteiger partial charge in [-0.15, -0.1) is 0 Å². The fraction of sp³-hybridized carbons (Fsp3) is 0.207. The summed E-state index contributed by atoms with van der Waals surface area (Å²) < 4.78 is 5.31. The molecule has 0 unspecified atom stereocenters. The largest absolute Gasteiger partial charge is 0.497 e. The highest BCUT2D eigenvalue weighted by Gasteiger charge is 2.25. The van der Waals surface area contributed by atoms with E-state index in [-0.39, 0.29) is 37.3 Å². The molecule has 0 spiro atoms. The van der Waals surface area contributed by atoms with Crippen LogP contribution in [-0.2, 0) is 16.0 Å². The molecule has 0 aliphatic carbocycles. The number of ether oxygens (including phenoxy) is 1. The van der Waals surface area contributed by atoms with E-state index in [1.807, 2.05) is 60.8 Å². The van der Waals surface area contributed by atoms with Crippen LogP contribution in [0.4, 0.5) is 11.4 Å². The van der Waals surface area contributed by atoms with Gasteiger partial charge in [0.05, 0.1) is 17.8 Å². The number of carbonyl (C=O) groups excluding carboxylic acids is 2. The Balaban J connectivity index is 1.58. The van der Waals surface area contributed by atoms with Crippen molar-refractivity contribution in [2.45, 2.75) is 12.8 Å². The number of hydrogen-bond acceptors (Lipinski definition) is 4. The second kappa shape index (κ2) is 12.8. The molecule has 3 aromatic carbocycles. The van der Waals surface area contributed by atoms with E-state index in [0.717, 1.165) is 22.2 Å². The Labute approximate surface area is 232 Å². The fourth-order valence-electron chi connectivity index (χ4n) is 4.37. The van der Waals surface area contributed by atoms with Crippen LogP contribution in [0.25, 0.3) is 10.9 Å². The van der Waals surface area contributed by atoms with Crippen molar-refractivity contribution in [3.63, 3.8) is 0 Å². The molecule has 2 amide bonds. The van der Waals surface area contributed by atoms with Gasteiger partial charge in [0.25, 0.3) is 5.91 Å². The van der Waals surface area contributed by atoms with Gasteiger partial charge in [0.2, 0.25) is 5.91 Å². The SMILES string of the molecule is COc1ccc2c(CCN(CC(=O)N(c3ccccc3)c3ccccc3Cl)C(=O)CCNC(=N)N)c[nH]c2c1. The number of rotatable bonds is 11. The standard InChI is InChI=1S/C29H31ClN6O3/c1-39-22-11-12-23-20(18-34-25(23)17-22)14-16-35(27(37)13-15-33-29(31)32)19-28(38)36(21-7-3-2-4-8-21)26-10-6-5-9-24(26)30/h2-12,17-18,34H,13-16,19H2,1H3,(H4,31,32,33). The second-order valence-electron chi connectivity index (χ2n) is 8.90. The molecule has 1 aromatic heterocycles. The number of benzene rings is 3. The Morgan fingerprint density at radius 1 is 1.05 bits per heavy atom. The van der Waals surface area contributed by atoms with E-state index in [4.69, 9.17) is 27.5 Å². The highest BCUT2D eigenvalue weighted by atomic mass is 35.5. The molecule has 1 heterocycles.